The van der Waals surface area contributed by atoms with Gasteiger partial charge in [0.05, 0.1) is 0 Å². The summed E-state index contributed by atoms with van der Waals surface area (Å²) in [6, 6.07) is 0. The molecule has 3 N–H and O–H groups in total. The highest BCUT2D eigenvalue weighted by molar-refractivity contribution is 5.75. The number of nitrogens with zero attached hydrogens (tertiary/aromatic N) is 1. The molecule has 4 heteroatoms. The summed E-state index contributed by atoms with van der Waals surface area (Å²) in [5.74, 6) is 0.201. The minimum Gasteiger partial charge on any atom is -0.396 e. The first-order valence-electron chi connectivity index (χ1n) is 5.77. The first-order chi connectivity index (χ1) is 7.22. The van der Waals surface area contributed by atoms with Crippen LogP contribution in [0, 0.1) is 0 Å². The molecule has 0 aromatic rings. The van der Waals surface area contributed by atoms with Crippen LogP contribution in [0.1, 0.15) is 38.5 Å². The zero-order valence-electron chi connectivity index (χ0n) is 9.74. The second kappa shape index (κ2) is 9.93. The van der Waals surface area contributed by atoms with Crippen LogP contribution in [0.4, 0.5) is 0 Å². The Morgan fingerprint density at radius 3 is 2.53 bits per heavy atom. The van der Waals surface area contributed by atoms with E-state index in [1.54, 1.807) is 4.90 Å². The van der Waals surface area contributed by atoms with Gasteiger partial charge in [0, 0.05) is 26.6 Å². The molecular weight excluding hydrogens is 192 g/mol. The van der Waals surface area contributed by atoms with E-state index in [9.17, 15) is 4.79 Å². The Balaban J connectivity index is 3.42. The molecular formula is C11H24N2O2. The van der Waals surface area contributed by atoms with E-state index in [2.05, 4.69) is 0 Å². The van der Waals surface area contributed by atoms with Crippen molar-refractivity contribution in [2.75, 3.05) is 26.7 Å². The molecule has 0 heterocycles. The third-order valence-corrected chi connectivity index (χ3v) is 2.42. The summed E-state index contributed by atoms with van der Waals surface area (Å²) >= 11 is 0. The standard InChI is InChI=1S/C11H24N2O2/c1-13(9-5-2-6-10-14)11(15)7-3-4-8-12/h14H,2-10,12H2,1H3. The summed E-state index contributed by atoms with van der Waals surface area (Å²) < 4.78 is 0. The lowest BCUT2D eigenvalue weighted by molar-refractivity contribution is -0.130. The van der Waals surface area contributed by atoms with Crippen LogP contribution < -0.4 is 5.73 Å². The first-order valence-corrected chi connectivity index (χ1v) is 5.77. The van der Waals surface area contributed by atoms with Gasteiger partial charge < -0.3 is 15.7 Å². The van der Waals surface area contributed by atoms with Gasteiger partial charge in [-0.1, -0.05) is 0 Å². The molecule has 0 spiro atoms. The van der Waals surface area contributed by atoms with E-state index < -0.39 is 0 Å². The van der Waals surface area contributed by atoms with E-state index in [4.69, 9.17) is 10.8 Å². The number of unbranched alkanes of at least 4 members (excludes halogenated alkanes) is 3. The van der Waals surface area contributed by atoms with Crippen LogP contribution in [-0.2, 0) is 4.79 Å². The number of hydrogen-bond donors (Lipinski definition) is 2. The summed E-state index contributed by atoms with van der Waals surface area (Å²) in [6.45, 7) is 1.70. The molecule has 0 aromatic carbocycles. The zero-order valence-corrected chi connectivity index (χ0v) is 9.74. The molecule has 0 saturated heterocycles. The van der Waals surface area contributed by atoms with E-state index in [0.29, 0.717) is 13.0 Å². The topological polar surface area (TPSA) is 66.6 Å². The maximum Gasteiger partial charge on any atom is 0.222 e. The molecule has 1 amide bonds. The molecule has 0 radical (unpaired) electrons. The number of amides is 1. The number of carbonyl (C=O) groups excluding carboxylic acids is 1. The van der Waals surface area contributed by atoms with Crippen LogP contribution in [0.15, 0.2) is 0 Å². The SMILES string of the molecule is CN(CCCCCO)C(=O)CCCCN. The Morgan fingerprint density at radius 2 is 1.93 bits per heavy atom. The summed E-state index contributed by atoms with van der Waals surface area (Å²) in [5, 5.41) is 8.59. The fourth-order valence-corrected chi connectivity index (χ4v) is 1.37. The normalized spacial score (nSPS) is 10.3. The van der Waals surface area contributed by atoms with Crippen LogP contribution >= 0.6 is 0 Å². The molecule has 0 atom stereocenters. The quantitative estimate of drug-likeness (QED) is 0.559. The van der Waals surface area contributed by atoms with Gasteiger partial charge in [0.15, 0.2) is 0 Å². The molecule has 15 heavy (non-hydrogen) atoms. The Bertz CT molecular complexity index is 163. The number of rotatable bonds is 9. The highest BCUT2D eigenvalue weighted by atomic mass is 16.2. The molecule has 4 nitrogen and oxygen atoms in total. The van der Waals surface area contributed by atoms with Crippen molar-refractivity contribution in [2.45, 2.75) is 38.5 Å². The number of carbonyl (C=O) groups is 1. The van der Waals surface area contributed by atoms with E-state index in [0.717, 1.165) is 38.6 Å². The Kier molecular flexibility index (Phi) is 9.52. The molecule has 0 saturated carbocycles. The van der Waals surface area contributed by atoms with Gasteiger partial charge in [0.1, 0.15) is 0 Å². The minimum absolute atomic E-state index is 0.201. The van der Waals surface area contributed by atoms with Crippen LogP contribution in [0.25, 0.3) is 0 Å². The van der Waals surface area contributed by atoms with Crippen molar-refractivity contribution in [1.82, 2.24) is 4.90 Å². The van der Waals surface area contributed by atoms with Crippen molar-refractivity contribution >= 4 is 5.91 Å². The van der Waals surface area contributed by atoms with Crippen molar-refractivity contribution in [1.29, 1.82) is 0 Å². The van der Waals surface area contributed by atoms with Gasteiger partial charge in [-0.15, -0.1) is 0 Å². The Morgan fingerprint density at radius 1 is 1.20 bits per heavy atom. The summed E-state index contributed by atoms with van der Waals surface area (Å²) in [4.78, 5) is 13.3. The van der Waals surface area contributed by atoms with E-state index >= 15 is 0 Å². The fourth-order valence-electron chi connectivity index (χ4n) is 1.37. The highest BCUT2D eigenvalue weighted by Gasteiger charge is 2.06. The maximum atomic E-state index is 11.5. The largest absolute Gasteiger partial charge is 0.396 e. The third-order valence-electron chi connectivity index (χ3n) is 2.42. The smallest absolute Gasteiger partial charge is 0.222 e. The van der Waals surface area contributed by atoms with Gasteiger partial charge in [0.25, 0.3) is 0 Å². The first kappa shape index (κ1) is 14.4. The predicted molar refractivity (Wildman–Crippen MR) is 61.5 cm³/mol. The zero-order chi connectivity index (χ0) is 11.5. The molecule has 0 rings (SSSR count). The number of aliphatic hydroxyl groups excluding tert-OH is 1. The Hall–Kier alpha value is -0.610. The molecule has 0 fully saturated rings. The molecule has 0 aliphatic heterocycles. The maximum absolute atomic E-state index is 11.5. The van der Waals surface area contributed by atoms with Gasteiger partial charge >= 0.3 is 0 Å². The van der Waals surface area contributed by atoms with Crippen molar-refractivity contribution in [2.24, 2.45) is 5.73 Å². The highest BCUT2D eigenvalue weighted by Crippen LogP contribution is 2.01. The minimum atomic E-state index is 0.201. The van der Waals surface area contributed by atoms with Gasteiger partial charge in [-0.2, -0.15) is 0 Å². The fraction of sp³-hybridized carbons (Fsp3) is 0.909. The van der Waals surface area contributed by atoms with Gasteiger partial charge in [0.2, 0.25) is 5.91 Å². The monoisotopic (exact) mass is 216 g/mol. The van der Waals surface area contributed by atoms with Gasteiger partial charge in [-0.3, -0.25) is 4.79 Å². The van der Waals surface area contributed by atoms with Crippen molar-refractivity contribution in [3.8, 4) is 0 Å². The lowest BCUT2D eigenvalue weighted by Gasteiger charge is -2.16. The van der Waals surface area contributed by atoms with Crippen molar-refractivity contribution in [3.63, 3.8) is 0 Å². The van der Waals surface area contributed by atoms with Crippen LogP contribution in [-0.4, -0.2) is 42.7 Å². The van der Waals surface area contributed by atoms with E-state index in [1.807, 2.05) is 7.05 Å². The Labute approximate surface area is 92.4 Å². The average Bonchev–Trinajstić information content (AvgIpc) is 2.24. The molecule has 0 bridgehead atoms. The molecule has 0 unspecified atom stereocenters. The summed E-state index contributed by atoms with van der Waals surface area (Å²) in [6.07, 6.45) is 5.19. The molecule has 0 aliphatic rings. The van der Waals surface area contributed by atoms with E-state index in [-0.39, 0.29) is 12.5 Å². The van der Waals surface area contributed by atoms with Crippen LogP contribution in [0.2, 0.25) is 0 Å². The third kappa shape index (κ3) is 8.39. The summed E-state index contributed by atoms with van der Waals surface area (Å²) in [7, 11) is 1.84. The second-order valence-corrected chi connectivity index (χ2v) is 3.85. The van der Waals surface area contributed by atoms with Crippen molar-refractivity contribution < 1.29 is 9.90 Å². The van der Waals surface area contributed by atoms with Crippen LogP contribution in [0.5, 0.6) is 0 Å². The number of hydrogen-bond acceptors (Lipinski definition) is 3. The van der Waals surface area contributed by atoms with Crippen LogP contribution in [0.3, 0.4) is 0 Å². The average molecular weight is 216 g/mol. The van der Waals surface area contributed by atoms with Crippen molar-refractivity contribution in [3.05, 3.63) is 0 Å². The lowest BCUT2D eigenvalue weighted by atomic mass is 10.2. The number of aliphatic hydroxyl groups is 1. The molecule has 0 aliphatic carbocycles. The number of nitrogens with two attached hydrogens (primary N) is 1. The second-order valence-electron chi connectivity index (χ2n) is 3.85. The molecule has 0 aromatic heterocycles. The molecule has 90 valence electrons. The van der Waals surface area contributed by atoms with Gasteiger partial charge in [-0.25, -0.2) is 0 Å². The van der Waals surface area contributed by atoms with E-state index in [1.165, 1.54) is 0 Å². The lowest BCUT2D eigenvalue weighted by Crippen LogP contribution is -2.27. The van der Waals surface area contributed by atoms with Gasteiger partial charge in [-0.05, 0) is 38.6 Å². The predicted octanol–water partition coefficient (Wildman–Crippen LogP) is 0.736. The summed E-state index contributed by atoms with van der Waals surface area (Å²) in [5.41, 5.74) is 5.36.